The first-order chi connectivity index (χ1) is 15.9. The minimum Gasteiger partial charge on any atom is -0.489 e. The molecule has 33 heavy (non-hydrogen) atoms. The molecule has 3 aromatic rings. The molecule has 5 rings (SSSR count). The lowest BCUT2D eigenvalue weighted by Gasteiger charge is -2.34. The van der Waals surface area contributed by atoms with Crippen LogP contribution in [0.3, 0.4) is 0 Å². The highest BCUT2D eigenvalue weighted by Crippen LogP contribution is 2.48. The van der Waals surface area contributed by atoms with Gasteiger partial charge in [-0.1, -0.05) is 44.2 Å². The van der Waals surface area contributed by atoms with Crippen LogP contribution in [0.1, 0.15) is 46.9 Å². The number of benzene rings is 2. The predicted molar refractivity (Wildman–Crippen MR) is 126 cm³/mol. The molecule has 0 saturated heterocycles. The number of pyridine rings is 1. The van der Waals surface area contributed by atoms with Gasteiger partial charge in [0.15, 0.2) is 16.9 Å². The number of hydrogen-bond acceptors (Lipinski definition) is 4. The van der Waals surface area contributed by atoms with Gasteiger partial charge in [-0.25, -0.2) is 4.79 Å². The Hall–Kier alpha value is -3.54. The molecule has 0 saturated carbocycles. The molecule has 0 spiro atoms. The number of carboxylic acids is 1. The molecule has 170 valence electrons. The maximum Gasteiger partial charge on any atom is 0.341 e. The summed E-state index contributed by atoms with van der Waals surface area (Å²) in [6, 6.07) is 13.8. The second-order valence-electron chi connectivity index (χ2n) is 9.06. The van der Waals surface area contributed by atoms with Gasteiger partial charge in [0.2, 0.25) is 0 Å². The van der Waals surface area contributed by atoms with E-state index in [1.165, 1.54) is 17.8 Å². The van der Waals surface area contributed by atoms with Crippen LogP contribution >= 0.6 is 0 Å². The van der Waals surface area contributed by atoms with Crippen LogP contribution in [0.15, 0.2) is 53.5 Å². The van der Waals surface area contributed by atoms with Crippen molar-refractivity contribution in [3.63, 3.8) is 0 Å². The minimum atomic E-state index is -1.20. The first-order valence-corrected chi connectivity index (χ1v) is 11.4. The zero-order valence-corrected chi connectivity index (χ0v) is 18.8. The zero-order valence-electron chi connectivity index (χ0n) is 18.8. The van der Waals surface area contributed by atoms with E-state index in [0.717, 1.165) is 53.1 Å². The molecular formula is C27H27NO5. The van der Waals surface area contributed by atoms with Crippen LogP contribution in [0.4, 0.5) is 0 Å². The third-order valence-electron chi connectivity index (χ3n) is 6.64. The quantitative estimate of drug-likeness (QED) is 0.604. The van der Waals surface area contributed by atoms with Crippen molar-refractivity contribution in [2.24, 2.45) is 5.92 Å². The topological polar surface area (TPSA) is 77.8 Å². The van der Waals surface area contributed by atoms with E-state index in [1.54, 1.807) is 0 Å². The van der Waals surface area contributed by atoms with Crippen LogP contribution in [0.25, 0.3) is 11.3 Å². The Labute approximate surface area is 192 Å². The number of ether oxygens (including phenoxy) is 2. The normalized spacial score (nSPS) is 16.0. The van der Waals surface area contributed by atoms with Crippen LogP contribution in [0, 0.1) is 5.92 Å². The molecule has 3 heterocycles. The fraction of sp³-hybridized carbons (Fsp3) is 0.333. The number of rotatable bonds is 6. The van der Waals surface area contributed by atoms with Gasteiger partial charge in [0.05, 0.1) is 18.9 Å². The monoisotopic (exact) mass is 445 g/mol. The molecule has 6 heteroatoms. The van der Waals surface area contributed by atoms with E-state index in [9.17, 15) is 14.7 Å². The van der Waals surface area contributed by atoms with Crippen LogP contribution in [0.5, 0.6) is 11.5 Å². The van der Waals surface area contributed by atoms with E-state index in [-0.39, 0.29) is 17.5 Å². The second kappa shape index (κ2) is 8.43. The van der Waals surface area contributed by atoms with Gasteiger partial charge in [0.1, 0.15) is 5.56 Å². The van der Waals surface area contributed by atoms with Crippen molar-refractivity contribution < 1.29 is 19.4 Å². The van der Waals surface area contributed by atoms with Crippen molar-refractivity contribution in [2.75, 3.05) is 13.2 Å². The Balaban J connectivity index is 1.57. The van der Waals surface area contributed by atoms with Crippen LogP contribution in [0.2, 0.25) is 0 Å². The SMILES string of the molecule is CC(C)C1Cc2cc(OCCc3ccccc3)c3c(c2-c2cc(=O)c(C(=O)O)cn21)CCO3. The fourth-order valence-electron chi connectivity index (χ4n) is 4.98. The molecule has 0 amide bonds. The highest BCUT2D eigenvalue weighted by Gasteiger charge is 2.33. The molecular weight excluding hydrogens is 418 g/mol. The van der Waals surface area contributed by atoms with E-state index >= 15 is 0 Å². The molecule has 0 aliphatic carbocycles. The first-order valence-electron chi connectivity index (χ1n) is 11.4. The number of fused-ring (bicyclic) bond motifs is 5. The van der Waals surface area contributed by atoms with Crippen molar-refractivity contribution >= 4 is 5.97 Å². The van der Waals surface area contributed by atoms with Gasteiger partial charge in [-0.15, -0.1) is 0 Å². The van der Waals surface area contributed by atoms with E-state index in [1.807, 2.05) is 22.8 Å². The molecule has 6 nitrogen and oxygen atoms in total. The summed E-state index contributed by atoms with van der Waals surface area (Å²) < 4.78 is 14.2. The predicted octanol–water partition coefficient (Wildman–Crippen LogP) is 4.52. The van der Waals surface area contributed by atoms with E-state index in [0.29, 0.717) is 13.2 Å². The van der Waals surface area contributed by atoms with Crippen LogP contribution in [-0.4, -0.2) is 28.9 Å². The summed E-state index contributed by atoms with van der Waals surface area (Å²) in [6.45, 7) is 5.34. The highest BCUT2D eigenvalue weighted by molar-refractivity contribution is 5.88. The third kappa shape index (κ3) is 3.80. The van der Waals surface area contributed by atoms with Gasteiger partial charge < -0.3 is 19.1 Å². The Morgan fingerprint density at radius 1 is 1.24 bits per heavy atom. The fourth-order valence-corrected chi connectivity index (χ4v) is 4.98. The number of nitrogens with zero attached hydrogens (tertiary/aromatic N) is 1. The summed E-state index contributed by atoms with van der Waals surface area (Å²) in [7, 11) is 0. The largest absolute Gasteiger partial charge is 0.489 e. The lowest BCUT2D eigenvalue weighted by atomic mass is 9.84. The van der Waals surface area contributed by atoms with Crippen molar-refractivity contribution in [1.29, 1.82) is 0 Å². The molecule has 1 N–H and O–H groups in total. The molecule has 2 aliphatic rings. The van der Waals surface area contributed by atoms with Gasteiger partial charge >= 0.3 is 5.97 Å². The average molecular weight is 446 g/mol. The van der Waals surface area contributed by atoms with Crippen molar-refractivity contribution in [3.05, 3.63) is 81.1 Å². The van der Waals surface area contributed by atoms with Crippen molar-refractivity contribution in [1.82, 2.24) is 4.57 Å². The van der Waals surface area contributed by atoms with E-state index in [4.69, 9.17) is 9.47 Å². The number of aromatic nitrogens is 1. The zero-order chi connectivity index (χ0) is 23.1. The molecule has 2 aliphatic heterocycles. The van der Waals surface area contributed by atoms with Gasteiger partial charge in [-0.3, -0.25) is 4.79 Å². The van der Waals surface area contributed by atoms with Gasteiger partial charge in [-0.2, -0.15) is 0 Å². The minimum absolute atomic E-state index is 0.0451. The lowest BCUT2D eigenvalue weighted by Crippen LogP contribution is -2.28. The highest BCUT2D eigenvalue weighted by atomic mass is 16.5. The average Bonchev–Trinajstić information content (AvgIpc) is 3.28. The lowest BCUT2D eigenvalue weighted by molar-refractivity contribution is 0.0694. The second-order valence-corrected chi connectivity index (χ2v) is 9.06. The van der Waals surface area contributed by atoms with E-state index < -0.39 is 11.4 Å². The Bertz CT molecular complexity index is 1280. The summed E-state index contributed by atoms with van der Waals surface area (Å²) in [6.07, 6.45) is 3.79. The van der Waals surface area contributed by atoms with Crippen molar-refractivity contribution in [2.45, 2.75) is 39.2 Å². The maximum absolute atomic E-state index is 12.6. The number of carboxylic acid groups (broad SMARTS) is 1. The third-order valence-corrected chi connectivity index (χ3v) is 6.64. The summed E-state index contributed by atoms with van der Waals surface area (Å²) >= 11 is 0. The van der Waals surface area contributed by atoms with Crippen LogP contribution < -0.4 is 14.9 Å². The van der Waals surface area contributed by atoms with E-state index in [2.05, 4.69) is 32.0 Å². The van der Waals surface area contributed by atoms with Crippen molar-refractivity contribution in [3.8, 4) is 22.8 Å². The summed E-state index contributed by atoms with van der Waals surface area (Å²) in [5.41, 5.74) is 4.47. The number of hydrogen-bond donors (Lipinski definition) is 1. The summed E-state index contributed by atoms with van der Waals surface area (Å²) in [4.78, 5) is 24.2. The Kier molecular flexibility index (Phi) is 5.44. The van der Waals surface area contributed by atoms with Gasteiger partial charge in [0.25, 0.3) is 0 Å². The number of carbonyl (C=O) groups is 1. The standard InChI is InChI=1S/C27H27NO5/c1-16(2)21-12-18-13-24(32-10-8-17-6-4-3-5-7-17)26-19(9-11-33-26)25(18)22-14-23(29)20(27(30)31)15-28(21)22/h3-7,13-16,21H,8-12H2,1-2H3,(H,30,31). The molecule has 1 aromatic heterocycles. The summed E-state index contributed by atoms with van der Waals surface area (Å²) in [5.74, 6) is 0.552. The molecule has 1 atom stereocenters. The Morgan fingerprint density at radius 2 is 2.03 bits per heavy atom. The summed E-state index contributed by atoms with van der Waals surface area (Å²) in [5, 5.41) is 9.49. The number of aromatic carboxylic acids is 1. The smallest absolute Gasteiger partial charge is 0.341 e. The van der Waals surface area contributed by atoms with Crippen LogP contribution in [-0.2, 0) is 19.3 Å². The molecule has 1 unspecified atom stereocenters. The van der Waals surface area contributed by atoms with Gasteiger partial charge in [-0.05, 0) is 29.5 Å². The molecule has 2 aromatic carbocycles. The van der Waals surface area contributed by atoms with Gasteiger partial charge in [0, 0.05) is 42.3 Å². The maximum atomic E-state index is 12.6. The Morgan fingerprint density at radius 3 is 2.76 bits per heavy atom. The first kappa shape index (κ1) is 21.3. The molecule has 0 bridgehead atoms. The molecule has 0 radical (unpaired) electrons. The molecule has 0 fully saturated rings.